The second-order valence-electron chi connectivity index (χ2n) is 5.07. The third-order valence-corrected chi connectivity index (χ3v) is 4.59. The molecule has 1 fully saturated rings. The maximum absolute atomic E-state index is 11.9. The van der Waals surface area contributed by atoms with E-state index in [1.54, 1.807) is 0 Å². The molecule has 2 nitrogen and oxygen atoms in total. The third-order valence-electron chi connectivity index (χ3n) is 3.65. The van der Waals surface area contributed by atoms with E-state index in [9.17, 15) is 4.79 Å². The van der Waals surface area contributed by atoms with Gasteiger partial charge in [-0.25, -0.2) is 0 Å². The van der Waals surface area contributed by atoms with Crippen LogP contribution in [0.15, 0.2) is 24.3 Å². The fraction of sp³-hybridized carbons (Fsp3) is 0.533. The van der Waals surface area contributed by atoms with Crippen LogP contribution in [0.4, 0.5) is 5.69 Å². The number of anilines is 1. The van der Waals surface area contributed by atoms with Crippen LogP contribution in [0.25, 0.3) is 0 Å². The first-order valence-electron chi connectivity index (χ1n) is 6.80. The highest BCUT2D eigenvalue weighted by molar-refractivity contribution is 14.1. The van der Waals surface area contributed by atoms with Crippen LogP contribution < -0.4 is 5.32 Å². The van der Waals surface area contributed by atoms with E-state index in [4.69, 9.17) is 0 Å². The Bertz CT molecular complexity index is 399. The Morgan fingerprint density at radius 2 is 1.94 bits per heavy atom. The highest BCUT2D eigenvalue weighted by Gasteiger charge is 2.15. The lowest BCUT2D eigenvalue weighted by Crippen LogP contribution is -2.15. The second-order valence-corrected chi connectivity index (χ2v) is 6.23. The van der Waals surface area contributed by atoms with Crippen molar-refractivity contribution in [2.45, 2.75) is 44.9 Å². The minimum atomic E-state index is 0.157. The average molecular weight is 357 g/mol. The highest BCUT2D eigenvalue weighted by atomic mass is 127. The molecule has 1 aromatic rings. The van der Waals surface area contributed by atoms with Gasteiger partial charge in [-0.05, 0) is 47.1 Å². The van der Waals surface area contributed by atoms with Gasteiger partial charge in [0, 0.05) is 9.99 Å². The Morgan fingerprint density at radius 3 is 2.67 bits per heavy atom. The molecular weight excluding hydrogens is 337 g/mol. The second kappa shape index (κ2) is 7.12. The molecule has 1 aliphatic carbocycles. The Morgan fingerprint density at radius 1 is 1.22 bits per heavy atom. The smallest absolute Gasteiger partial charge is 0.224 e. The van der Waals surface area contributed by atoms with Crippen LogP contribution in [0.5, 0.6) is 0 Å². The first-order chi connectivity index (χ1) is 8.75. The zero-order valence-corrected chi connectivity index (χ0v) is 12.8. The predicted octanol–water partition coefficient (Wildman–Crippen LogP) is 4.59. The van der Waals surface area contributed by atoms with Crippen molar-refractivity contribution >= 4 is 34.2 Å². The lowest BCUT2D eigenvalue weighted by atomic mass is 9.86. The molecule has 1 amide bonds. The number of carbonyl (C=O) groups excluding carboxylic acids is 1. The number of carbonyl (C=O) groups is 1. The normalized spacial score (nSPS) is 16.5. The van der Waals surface area contributed by atoms with Crippen LogP contribution in [0.2, 0.25) is 0 Å². The summed E-state index contributed by atoms with van der Waals surface area (Å²) in [5.74, 6) is 0.934. The molecule has 1 saturated carbocycles. The monoisotopic (exact) mass is 357 g/mol. The summed E-state index contributed by atoms with van der Waals surface area (Å²) in [7, 11) is 0. The Labute approximate surface area is 123 Å². The SMILES string of the molecule is O=C(CCC1CCCCC1)Nc1ccccc1I. The number of amides is 1. The molecule has 0 radical (unpaired) electrons. The van der Waals surface area contributed by atoms with Gasteiger partial charge in [-0.15, -0.1) is 0 Å². The van der Waals surface area contributed by atoms with Crippen LogP contribution in [-0.4, -0.2) is 5.91 Å². The lowest BCUT2D eigenvalue weighted by molar-refractivity contribution is -0.116. The van der Waals surface area contributed by atoms with Gasteiger partial charge in [0.25, 0.3) is 0 Å². The molecule has 0 bridgehead atoms. The summed E-state index contributed by atoms with van der Waals surface area (Å²) < 4.78 is 1.10. The van der Waals surface area contributed by atoms with Gasteiger partial charge in [0.2, 0.25) is 5.91 Å². The Balaban J connectivity index is 1.76. The van der Waals surface area contributed by atoms with Crippen LogP contribution in [-0.2, 0) is 4.79 Å². The lowest BCUT2D eigenvalue weighted by Gasteiger charge is -2.21. The van der Waals surface area contributed by atoms with Crippen molar-refractivity contribution in [2.24, 2.45) is 5.92 Å². The summed E-state index contributed by atoms with van der Waals surface area (Å²) in [6.45, 7) is 0. The number of hydrogen-bond acceptors (Lipinski definition) is 1. The minimum Gasteiger partial charge on any atom is -0.325 e. The average Bonchev–Trinajstić information content (AvgIpc) is 2.40. The number of para-hydroxylation sites is 1. The molecular formula is C15H20INO. The van der Waals surface area contributed by atoms with E-state index in [0.29, 0.717) is 6.42 Å². The van der Waals surface area contributed by atoms with Crippen molar-refractivity contribution in [3.8, 4) is 0 Å². The van der Waals surface area contributed by atoms with Gasteiger partial charge < -0.3 is 5.32 Å². The quantitative estimate of drug-likeness (QED) is 0.785. The number of halogens is 1. The topological polar surface area (TPSA) is 29.1 Å². The van der Waals surface area contributed by atoms with Crippen LogP contribution in [0.3, 0.4) is 0 Å². The Hall–Kier alpha value is -0.580. The maximum atomic E-state index is 11.9. The summed E-state index contributed by atoms with van der Waals surface area (Å²) in [6.07, 6.45) is 8.42. The molecule has 1 N–H and O–H groups in total. The molecule has 0 unspecified atom stereocenters. The molecule has 1 aromatic carbocycles. The van der Waals surface area contributed by atoms with Gasteiger partial charge in [-0.2, -0.15) is 0 Å². The predicted molar refractivity (Wildman–Crippen MR) is 83.6 cm³/mol. The number of nitrogens with one attached hydrogen (secondary N) is 1. The summed E-state index contributed by atoms with van der Waals surface area (Å²) >= 11 is 2.25. The maximum Gasteiger partial charge on any atom is 0.224 e. The first kappa shape index (κ1) is 13.8. The largest absolute Gasteiger partial charge is 0.325 e. The van der Waals surface area contributed by atoms with E-state index in [2.05, 4.69) is 27.9 Å². The van der Waals surface area contributed by atoms with E-state index in [0.717, 1.165) is 21.6 Å². The molecule has 0 aromatic heterocycles. The molecule has 2 rings (SSSR count). The van der Waals surface area contributed by atoms with Crippen molar-refractivity contribution < 1.29 is 4.79 Å². The zero-order chi connectivity index (χ0) is 12.8. The van der Waals surface area contributed by atoms with Crippen molar-refractivity contribution in [1.82, 2.24) is 0 Å². The molecule has 0 spiro atoms. The van der Waals surface area contributed by atoms with E-state index in [1.165, 1.54) is 32.1 Å². The summed E-state index contributed by atoms with van der Waals surface area (Å²) in [5, 5.41) is 3.00. The first-order valence-corrected chi connectivity index (χ1v) is 7.88. The van der Waals surface area contributed by atoms with Crippen LogP contribution in [0.1, 0.15) is 44.9 Å². The number of hydrogen-bond donors (Lipinski definition) is 1. The molecule has 0 heterocycles. The molecule has 1 aliphatic rings. The van der Waals surface area contributed by atoms with Gasteiger partial charge in [-0.1, -0.05) is 44.2 Å². The van der Waals surface area contributed by atoms with E-state index >= 15 is 0 Å². The van der Waals surface area contributed by atoms with Crippen molar-refractivity contribution in [3.05, 3.63) is 27.8 Å². The van der Waals surface area contributed by atoms with Gasteiger partial charge in [-0.3, -0.25) is 4.79 Å². The third kappa shape index (κ3) is 4.26. The molecule has 0 aliphatic heterocycles. The van der Waals surface area contributed by atoms with Crippen LogP contribution in [0, 0.1) is 9.49 Å². The van der Waals surface area contributed by atoms with Crippen molar-refractivity contribution in [2.75, 3.05) is 5.32 Å². The van der Waals surface area contributed by atoms with Crippen molar-refractivity contribution in [1.29, 1.82) is 0 Å². The van der Waals surface area contributed by atoms with Gasteiger partial charge >= 0.3 is 0 Å². The van der Waals surface area contributed by atoms with E-state index < -0.39 is 0 Å². The standard InChI is InChI=1S/C15H20INO/c16-13-8-4-5-9-14(13)17-15(18)11-10-12-6-2-1-3-7-12/h4-5,8-9,12H,1-3,6-7,10-11H2,(H,17,18). The zero-order valence-electron chi connectivity index (χ0n) is 10.6. The number of benzene rings is 1. The van der Waals surface area contributed by atoms with Gasteiger partial charge in [0.1, 0.15) is 0 Å². The molecule has 18 heavy (non-hydrogen) atoms. The molecule has 0 saturated heterocycles. The molecule has 3 heteroatoms. The summed E-state index contributed by atoms with van der Waals surface area (Å²) in [6, 6.07) is 7.91. The highest BCUT2D eigenvalue weighted by Crippen LogP contribution is 2.27. The summed E-state index contributed by atoms with van der Waals surface area (Å²) in [4.78, 5) is 11.9. The Kier molecular flexibility index (Phi) is 5.47. The molecule has 0 atom stereocenters. The van der Waals surface area contributed by atoms with Gasteiger partial charge in [0.05, 0.1) is 5.69 Å². The fourth-order valence-electron chi connectivity index (χ4n) is 2.59. The van der Waals surface area contributed by atoms with Crippen molar-refractivity contribution in [3.63, 3.8) is 0 Å². The molecule has 98 valence electrons. The minimum absolute atomic E-state index is 0.157. The fourth-order valence-corrected chi connectivity index (χ4v) is 3.11. The van der Waals surface area contributed by atoms with E-state index in [-0.39, 0.29) is 5.91 Å². The van der Waals surface area contributed by atoms with Gasteiger partial charge in [0.15, 0.2) is 0 Å². The summed E-state index contributed by atoms with van der Waals surface area (Å²) in [5.41, 5.74) is 0.937. The van der Waals surface area contributed by atoms with E-state index in [1.807, 2.05) is 24.3 Å². The number of rotatable bonds is 4. The van der Waals surface area contributed by atoms with Crippen LogP contribution >= 0.6 is 22.6 Å².